The van der Waals surface area contributed by atoms with Gasteiger partial charge in [0, 0.05) is 24.0 Å². The number of carbonyl (C=O) groups is 2. The summed E-state index contributed by atoms with van der Waals surface area (Å²) in [4.78, 5) is 23.8. The van der Waals surface area contributed by atoms with E-state index in [1.54, 1.807) is 6.07 Å². The van der Waals surface area contributed by atoms with Gasteiger partial charge in [-0.1, -0.05) is 6.07 Å². The molecule has 0 radical (unpaired) electrons. The molecule has 0 N–H and O–H groups in total. The Labute approximate surface area is 122 Å². The van der Waals surface area contributed by atoms with Crippen LogP contribution in [0.3, 0.4) is 0 Å². The van der Waals surface area contributed by atoms with Gasteiger partial charge in [-0.3, -0.25) is 4.79 Å². The predicted molar refractivity (Wildman–Crippen MR) is 75.9 cm³/mol. The van der Waals surface area contributed by atoms with Crippen molar-refractivity contribution < 1.29 is 18.7 Å². The van der Waals surface area contributed by atoms with Crippen LogP contribution in [0.25, 0.3) is 0 Å². The molecule has 1 aromatic heterocycles. The number of rotatable bonds is 4. The molecule has 5 heteroatoms. The molecule has 110 valence electrons. The maximum atomic E-state index is 13.0. The van der Waals surface area contributed by atoms with Crippen LogP contribution in [0.5, 0.6) is 0 Å². The Morgan fingerprint density at radius 1 is 1.24 bits per heavy atom. The minimum Gasteiger partial charge on any atom is -0.454 e. The molecule has 2 rings (SSSR count). The summed E-state index contributed by atoms with van der Waals surface area (Å²) in [6.07, 6.45) is 0. The second kappa shape index (κ2) is 5.91. The van der Waals surface area contributed by atoms with Crippen molar-refractivity contribution >= 4 is 11.8 Å². The first-order chi connectivity index (χ1) is 9.90. The third-order valence-electron chi connectivity index (χ3n) is 3.47. The van der Waals surface area contributed by atoms with Crippen LogP contribution in [0.2, 0.25) is 0 Å². The third kappa shape index (κ3) is 3.18. The molecule has 0 amide bonds. The zero-order valence-electron chi connectivity index (χ0n) is 12.1. The molecule has 1 aromatic carbocycles. The van der Waals surface area contributed by atoms with E-state index in [4.69, 9.17) is 4.74 Å². The second-order valence-electron chi connectivity index (χ2n) is 4.85. The number of halogens is 1. The van der Waals surface area contributed by atoms with Gasteiger partial charge in [-0.2, -0.15) is 0 Å². The van der Waals surface area contributed by atoms with Crippen LogP contribution >= 0.6 is 0 Å². The van der Waals surface area contributed by atoms with Crippen LogP contribution in [-0.4, -0.2) is 22.9 Å². The predicted octanol–water partition coefficient (Wildman–Crippen LogP) is 2.82. The highest BCUT2D eigenvalue weighted by Gasteiger charge is 2.16. The van der Waals surface area contributed by atoms with E-state index in [0.29, 0.717) is 5.56 Å². The fourth-order valence-corrected chi connectivity index (χ4v) is 2.05. The van der Waals surface area contributed by atoms with Crippen molar-refractivity contribution in [1.29, 1.82) is 0 Å². The van der Waals surface area contributed by atoms with E-state index in [1.807, 2.05) is 25.5 Å². The van der Waals surface area contributed by atoms with Crippen LogP contribution in [0, 0.1) is 19.7 Å². The van der Waals surface area contributed by atoms with Crippen LogP contribution < -0.4 is 0 Å². The van der Waals surface area contributed by atoms with Gasteiger partial charge in [0.15, 0.2) is 6.61 Å². The molecule has 2 aromatic rings. The van der Waals surface area contributed by atoms with Crippen molar-refractivity contribution in [2.45, 2.75) is 13.8 Å². The highest BCUT2D eigenvalue weighted by Crippen LogP contribution is 2.14. The second-order valence-corrected chi connectivity index (χ2v) is 4.85. The third-order valence-corrected chi connectivity index (χ3v) is 3.47. The van der Waals surface area contributed by atoms with Crippen molar-refractivity contribution in [2.75, 3.05) is 6.61 Å². The van der Waals surface area contributed by atoms with Crippen molar-refractivity contribution in [3.05, 3.63) is 58.7 Å². The lowest BCUT2D eigenvalue weighted by Crippen LogP contribution is -2.15. The van der Waals surface area contributed by atoms with Gasteiger partial charge < -0.3 is 9.30 Å². The molecule has 0 spiro atoms. The Morgan fingerprint density at radius 2 is 1.95 bits per heavy atom. The van der Waals surface area contributed by atoms with Gasteiger partial charge in [-0.15, -0.1) is 0 Å². The zero-order valence-corrected chi connectivity index (χ0v) is 12.1. The number of hydrogen-bond donors (Lipinski definition) is 0. The van der Waals surface area contributed by atoms with E-state index in [-0.39, 0.29) is 18.0 Å². The lowest BCUT2D eigenvalue weighted by Gasteiger charge is -2.05. The largest absolute Gasteiger partial charge is 0.454 e. The summed E-state index contributed by atoms with van der Waals surface area (Å²) < 4.78 is 19.8. The maximum absolute atomic E-state index is 13.0. The van der Waals surface area contributed by atoms with Crippen molar-refractivity contribution in [3.8, 4) is 0 Å². The number of esters is 1. The molecule has 0 saturated carbocycles. The molecule has 0 aliphatic heterocycles. The van der Waals surface area contributed by atoms with Gasteiger partial charge in [0.1, 0.15) is 5.82 Å². The standard InChI is InChI=1S/C16H16FNO3/c1-10-7-14(11(2)18(10)3)15(19)9-21-16(20)12-5-4-6-13(17)8-12/h4-8H,9H2,1-3H3. The minimum atomic E-state index is -0.715. The summed E-state index contributed by atoms with van der Waals surface area (Å²) in [5, 5.41) is 0. The Hall–Kier alpha value is -2.43. The number of benzene rings is 1. The Kier molecular flexibility index (Phi) is 4.21. The molecular formula is C16H16FNO3. The van der Waals surface area contributed by atoms with Crippen LogP contribution in [0.1, 0.15) is 32.1 Å². The number of carbonyl (C=O) groups excluding carboxylic acids is 2. The molecule has 4 nitrogen and oxygen atoms in total. The molecule has 0 bridgehead atoms. The average Bonchev–Trinajstić information content (AvgIpc) is 2.72. The fraction of sp³-hybridized carbons (Fsp3) is 0.250. The molecule has 0 atom stereocenters. The molecule has 0 saturated heterocycles. The first-order valence-corrected chi connectivity index (χ1v) is 6.49. The van der Waals surface area contributed by atoms with Gasteiger partial charge >= 0.3 is 5.97 Å². The van der Waals surface area contributed by atoms with E-state index in [0.717, 1.165) is 17.5 Å². The highest BCUT2D eigenvalue weighted by molar-refractivity contribution is 6.00. The number of ketones is 1. The first-order valence-electron chi connectivity index (χ1n) is 6.49. The maximum Gasteiger partial charge on any atom is 0.338 e. The monoisotopic (exact) mass is 289 g/mol. The number of ether oxygens (including phenoxy) is 1. The van der Waals surface area contributed by atoms with Gasteiger partial charge in [-0.25, -0.2) is 9.18 Å². The SMILES string of the molecule is Cc1cc(C(=O)COC(=O)c2cccc(F)c2)c(C)n1C. The molecule has 21 heavy (non-hydrogen) atoms. The van der Waals surface area contributed by atoms with E-state index in [1.165, 1.54) is 18.2 Å². The molecule has 0 aliphatic carbocycles. The van der Waals surface area contributed by atoms with Crippen LogP contribution in [0.15, 0.2) is 30.3 Å². The highest BCUT2D eigenvalue weighted by atomic mass is 19.1. The summed E-state index contributed by atoms with van der Waals surface area (Å²) in [6, 6.07) is 6.92. The van der Waals surface area contributed by atoms with Crippen LogP contribution in [0.4, 0.5) is 4.39 Å². The Bertz CT molecular complexity index is 704. The summed E-state index contributed by atoms with van der Waals surface area (Å²) in [5.74, 6) is -1.51. The van der Waals surface area contributed by atoms with Gasteiger partial charge in [0.05, 0.1) is 5.56 Å². The quantitative estimate of drug-likeness (QED) is 0.642. The van der Waals surface area contributed by atoms with Gasteiger partial charge in [-0.05, 0) is 38.1 Å². The number of aryl methyl sites for hydroxylation is 1. The van der Waals surface area contributed by atoms with Gasteiger partial charge in [0.2, 0.25) is 5.78 Å². The normalized spacial score (nSPS) is 10.5. The average molecular weight is 289 g/mol. The van der Waals surface area contributed by atoms with Crippen molar-refractivity contribution in [1.82, 2.24) is 4.57 Å². The summed E-state index contributed by atoms with van der Waals surface area (Å²) in [6.45, 7) is 3.36. The summed E-state index contributed by atoms with van der Waals surface area (Å²) >= 11 is 0. The van der Waals surface area contributed by atoms with E-state index in [2.05, 4.69) is 0 Å². The van der Waals surface area contributed by atoms with E-state index >= 15 is 0 Å². The van der Waals surface area contributed by atoms with Crippen molar-refractivity contribution in [2.24, 2.45) is 7.05 Å². The fourth-order valence-electron chi connectivity index (χ4n) is 2.05. The molecule has 0 unspecified atom stereocenters. The molecule has 0 fully saturated rings. The number of hydrogen-bond acceptors (Lipinski definition) is 3. The molecular weight excluding hydrogens is 273 g/mol. The van der Waals surface area contributed by atoms with Crippen LogP contribution in [-0.2, 0) is 11.8 Å². The zero-order chi connectivity index (χ0) is 15.6. The smallest absolute Gasteiger partial charge is 0.338 e. The van der Waals surface area contributed by atoms with Crippen molar-refractivity contribution in [3.63, 3.8) is 0 Å². The summed E-state index contributed by atoms with van der Waals surface area (Å²) in [7, 11) is 1.86. The number of Topliss-reactive ketones (excluding diaryl/α,β-unsaturated/α-hetero) is 1. The molecule has 0 aliphatic rings. The Morgan fingerprint density at radius 3 is 2.52 bits per heavy atom. The van der Waals surface area contributed by atoms with E-state index < -0.39 is 11.8 Å². The summed E-state index contributed by atoms with van der Waals surface area (Å²) in [5.41, 5.74) is 2.39. The number of aromatic nitrogens is 1. The topological polar surface area (TPSA) is 48.3 Å². The van der Waals surface area contributed by atoms with E-state index in [9.17, 15) is 14.0 Å². The Balaban J connectivity index is 2.04. The minimum absolute atomic E-state index is 0.0868. The first kappa shape index (κ1) is 15.0. The van der Waals surface area contributed by atoms with Gasteiger partial charge in [0.25, 0.3) is 0 Å². The number of nitrogens with zero attached hydrogens (tertiary/aromatic N) is 1. The molecule has 1 heterocycles. The lowest BCUT2D eigenvalue weighted by molar-refractivity contribution is 0.0474. The lowest BCUT2D eigenvalue weighted by atomic mass is 10.1.